The smallest absolute Gasteiger partial charge is 0.172 e. The van der Waals surface area contributed by atoms with Crippen molar-refractivity contribution in [1.82, 2.24) is 14.6 Å². The minimum atomic E-state index is 0.406. The summed E-state index contributed by atoms with van der Waals surface area (Å²) in [6.45, 7) is 3.68. The highest BCUT2D eigenvalue weighted by molar-refractivity contribution is 9.10. The summed E-state index contributed by atoms with van der Waals surface area (Å²) in [5, 5.41) is 5.13. The molecule has 0 N–H and O–H groups in total. The van der Waals surface area contributed by atoms with E-state index >= 15 is 0 Å². The van der Waals surface area contributed by atoms with Crippen molar-refractivity contribution in [2.75, 3.05) is 0 Å². The lowest BCUT2D eigenvalue weighted by Crippen LogP contribution is -1.96. The third-order valence-corrected chi connectivity index (χ3v) is 3.71. The Balaban J connectivity index is 2.98. The second-order valence-corrected chi connectivity index (χ2v) is 4.46. The van der Waals surface area contributed by atoms with Gasteiger partial charge in [0, 0.05) is 5.56 Å². The van der Waals surface area contributed by atoms with E-state index in [0.717, 1.165) is 15.7 Å². The lowest BCUT2D eigenvalue weighted by molar-refractivity contribution is 0.908. The average Bonchev–Trinajstić information content (AvgIpc) is 2.42. The summed E-state index contributed by atoms with van der Waals surface area (Å²) in [6, 6.07) is 0. The third-order valence-electron chi connectivity index (χ3n) is 1.97. The first kappa shape index (κ1) is 10.2. The molecule has 0 aliphatic heterocycles. The summed E-state index contributed by atoms with van der Waals surface area (Å²) >= 11 is 15.4. The molecule has 0 amide bonds. The van der Waals surface area contributed by atoms with Crippen molar-refractivity contribution in [3.05, 3.63) is 26.0 Å². The topological polar surface area (TPSA) is 30.2 Å². The Labute approximate surface area is 99.2 Å². The molecule has 2 rings (SSSR count). The highest BCUT2D eigenvalue weighted by atomic mass is 79.9. The maximum Gasteiger partial charge on any atom is 0.172 e. The van der Waals surface area contributed by atoms with Gasteiger partial charge in [0.2, 0.25) is 0 Å². The molecule has 0 unspecified atom stereocenters. The normalized spacial score (nSPS) is 11.2. The molecule has 0 saturated heterocycles. The number of rotatable bonds is 0. The predicted molar refractivity (Wildman–Crippen MR) is 60.2 cm³/mol. The van der Waals surface area contributed by atoms with Crippen LogP contribution < -0.4 is 0 Å². The van der Waals surface area contributed by atoms with Crippen molar-refractivity contribution < 1.29 is 0 Å². The van der Waals surface area contributed by atoms with Gasteiger partial charge in [0.15, 0.2) is 5.65 Å². The fraction of sp³-hybridized carbons (Fsp3) is 0.250. The highest BCUT2D eigenvalue weighted by Crippen LogP contribution is 2.28. The van der Waals surface area contributed by atoms with Crippen LogP contribution in [0.3, 0.4) is 0 Å². The van der Waals surface area contributed by atoms with Crippen LogP contribution in [0, 0.1) is 13.8 Å². The van der Waals surface area contributed by atoms with Crippen molar-refractivity contribution >= 4 is 44.8 Å². The second kappa shape index (κ2) is 3.36. The van der Waals surface area contributed by atoms with Gasteiger partial charge >= 0.3 is 0 Å². The molecule has 0 aromatic carbocycles. The van der Waals surface area contributed by atoms with Crippen LogP contribution in [0.5, 0.6) is 0 Å². The number of nitrogens with zero attached hydrogens (tertiary/aromatic N) is 3. The third kappa shape index (κ3) is 1.33. The van der Waals surface area contributed by atoms with E-state index in [-0.39, 0.29) is 0 Å². The molecule has 0 fully saturated rings. The van der Waals surface area contributed by atoms with Crippen LogP contribution in [0.4, 0.5) is 0 Å². The number of fused-ring (bicyclic) bond motifs is 1. The maximum atomic E-state index is 6.07. The molecule has 0 aliphatic rings. The molecule has 74 valence electrons. The van der Waals surface area contributed by atoms with E-state index in [4.69, 9.17) is 23.2 Å². The summed E-state index contributed by atoms with van der Waals surface area (Å²) in [5.74, 6) is 0. The largest absolute Gasteiger partial charge is 0.215 e. The number of aromatic nitrogens is 3. The molecule has 2 aromatic rings. The Bertz CT molecular complexity index is 521. The molecule has 0 bridgehead atoms. The lowest BCUT2D eigenvalue weighted by atomic mass is 10.4. The number of halogens is 3. The number of aryl methyl sites for hydroxylation is 1. The molecule has 14 heavy (non-hydrogen) atoms. The van der Waals surface area contributed by atoms with E-state index in [2.05, 4.69) is 26.0 Å². The number of hydrogen-bond acceptors (Lipinski definition) is 2. The van der Waals surface area contributed by atoms with Crippen molar-refractivity contribution in [2.24, 2.45) is 0 Å². The van der Waals surface area contributed by atoms with E-state index in [1.165, 1.54) is 0 Å². The maximum absolute atomic E-state index is 6.07. The van der Waals surface area contributed by atoms with Crippen LogP contribution in [-0.2, 0) is 0 Å². The summed E-state index contributed by atoms with van der Waals surface area (Å²) in [6.07, 6.45) is 0. The van der Waals surface area contributed by atoms with Gasteiger partial charge < -0.3 is 0 Å². The molecular formula is C8H6BrCl2N3. The molecule has 2 heterocycles. The van der Waals surface area contributed by atoms with Gasteiger partial charge in [0.25, 0.3) is 0 Å². The Morgan fingerprint density at radius 3 is 2.57 bits per heavy atom. The van der Waals surface area contributed by atoms with Gasteiger partial charge in [-0.1, -0.05) is 23.2 Å². The standard InChI is InChI=1S/C8H6BrCl2N3/c1-3-6(10)12-8-5(9)4(2)13-14(8)7(3)11/h1-2H3. The Hall–Kier alpha value is -0.320. The van der Waals surface area contributed by atoms with Gasteiger partial charge in [0.05, 0.1) is 10.2 Å². The first-order chi connectivity index (χ1) is 6.52. The minimum absolute atomic E-state index is 0.406. The van der Waals surface area contributed by atoms with Crippen LogP contribution in [-0.4, -0.2) is 14.6 Å². The SMILES string of the molecule is Cc1nn2c(Cl)c(C)c(Cl)nc2c1Br. The summed E-state index contributed by atoms with van der Waals surface area (Å²) < 4.78 is 2.39. The van der Waals surface area contributed by atoms with Crippen molar-refractivity contribution in [3.63, 3.8) is 0 Å². The monoisotopic (exact) mass is 293 g/mol. The summed E-state index contributed by atoms with van der Waals surface area (Å²) in [4.78, 5) is 4.19. The van der Waals surface area contributed by atoms with Crippen LogP contribution in [0.15, 0.2) is 4.47 Å². The molecule has 0 aliphatic carbocycles. The van der Waals surface area contributed by atoms with E-state index in [1.54, 1.807) is 4.52 Å². The minimum Gasteiger partial charge on any atom is -0.215 e. The summed E-state index contributed by atoms with van der Waals surface area (Å²) in [7, 11) is 0. The van der Waals surface area contributed by atoms with Gasteiger partial charge in [-0.25, -0.2) is 9.50 Å². The summed E-state index contributed by atoms with van der Waals surface area (Å²) in [5.41, 5.74) is 2.21. The predicted octanol–water partition coefficient (Wildman–Crippen LogP) is 3.42. The molecule has 0 radical (unpaired) electrons. The van der Waals surface area contributed by atoms with Crippen LogP contribution in [0.2, 0.25) is 10.3 Å². The molecule has 6 heteroatoms. The first-order valence-corrected chi connectivity index (χ1v) is 5.43. The van der Waals surface area contributed by atoms with Gasteiger partial charge in [-0.3, -0.25) is 0 Å². The van der Waals surface area contributed by atoms with E-state index in [1.807, 2.05) is 13.8 Å². The van der Waals surface area contributed by atoms with E-state index < -0.39 is 0 Å². The zero-order chi connectivity index (χ0) is 10.5. The van der Waals surface area contributed by atoms with E-state index in [9.17, 15) is 0 Å². The van der Waals surface area contributed by atoms with E-state index in [0.29, 0.717) is 16.0 Å². The van der Waals surface area contributed by atoms with Crippen molar-refractivity contribution in [1.29, 1.82) is 0 Å². The molecule has 0 saturated carbocycles. The Morgan fingerprint density at radius 1 is 1.29 bits per heavy atom. The fourth-order valence-corrected chi connectivity index (χ4v) is 1.91. The Kier molecular flexibility index (Phi) is 2.45. The molecule has 0 atom stereocenters. The molecule has 2 aromatic heterocycles. The van der Waals surface area contributed by atoms with Crippen molar-refractivity contribution in [2.45, 2.75) is 13.8 Å². The molecule has 3 nitrogen and oxygen atoms in total. The van der Waals surface area contributed by atoms with Crippen LogP contribution >= 0.6 is 39.1 Å². The zero-order valence-electron chi connectivity index (χ0n) is 7.48. The first-order valence-electron chi connectivity index (χ1n) is 3.88. The Morgan fingerprint density at radius 2 is 1.93 bits per heavy atom. The highest BCUT2D eigenvalue weighted by Gasteiger charge is 2.14. The average molecular weight is 295 g/mol. The fourth-order valence-electron chi connectivity index (χ4n) is 1.15. The van der Waals surface area contributed by atoms with Gasteiger partial charge in [-0.15, -0.1) is 0 Å². The zero-order valence-corrected chi connectivity index (χ0v) is 10.6. The lowest BCUT2D eigenvalue weighted by Gasteiger charge is -2.02. The van der Waals surface area contributed by atoms with Gasteiger partial charge in [0.1, 0.15) is 10.3 Å². The van der Waals surface area contributed by atoms with Gasteiger partial charge in [-0.05, 0) is 29.8 Å². The number of hydrogen-bond donors (Lipinski definition) is 0. The van der Waals surface area contributed by atoms with Crippen LogP contribution in [0.25, 0.3) is 5.65 Å². The second-order valence-electron chi connectivity index (χ2n) is 2.95. The quantitative estimate of drug-likeness (QED) is 0.697. The molecular weight excluding hydrogens is 289 g/mol. The molecule has 0 spiro atoms. The van der Waals surface area contributed by atoms with Crippen molar-refractivity contribution in [3.8, 4) is 0 Å². The van der Waals surface area contributed by atoms with Gasteiger partial charge in [-0.2, -0.15) is 5.10 Å². The van der Waals surface area contributed by atoms with Crippen LogP contribution in [0.1, 0.15) is 11.3 Å².